The normalized spacial score (nSPS) is 10.8. The van der Waals surface area contributed by atoms with Crippen molar-refractivity contribution in [3.05, 3.63) is 65.9 Å². The first-order valence-corrected chi connectivity index (χ1v) is 8.40. The van der Waals surface area contributed by atoms with E-state index in [9.17, 15) is 4.79 Å². The van der Waals surface area contributed by atoms with Crippen LogP contribution in [0.2, 0.25) is 0 Å². The molecule has 0 aliphatic heterocycles. The van der Waals surface area contributed by atoms with Gasteiger partial charge in [0.25, 0.3) is 0 Å². The molecule has 3 nitrogen and oxygen atoms in total. The summed E-state index contributed by atoms with van der Waals surface area (Å²) in [7, 11) is 0. The number of oxazole rings is 1. The van der Waals surface area contributed by atoms with Gasteiger partial charge in [0.2, 0.25) is 5.89 Å². The Morgan fingerprint density at radius 3 is 2.50 bits per heavy atom. The van der Waals surface area contributed by atoms with Crippen molar-refractivity contribution in [2.24, 2.45) is 0 Å². The molecule has 0 atom stereocenters. The predicted octanol–water partition coefficient (Wildman–Crippen LogP) is 5.55. The summed E-state index contributed by atoms with van der Waals surface area (Å²) in [5.74, 6) is 1.50. The maximum atomic E-state index is 11.7. The molecule has 0 aliphatic rings. The van der Waals surface area contributed by atoms with Gasteiger partial charge in [-0.2, -0.15) is 0 Å². The number of benzene rings is 2. The molecule has 1 aromatic heterocycles. The molecule has 0 saturated carbocycles. The maximum Gasteiger partial charge on any atom is 0.226 e. The zero-order valence-electron chi connectivity index (χ0n) is 14.1. The Morgan fingerprint density at radius 2 is 1.79 bits per heavy atom. The molecule has 0 radical (unpaired) electrons. The molecule has 0 amide bonds. The number of hydrogen-bond acceptors (Lipinski definition) is 3. The number of aromatic nitrogens is 1. The van der Waals surface area contributed by atoms with Crippen LogP contribution in [-0.4, -0.2) is 10.8 Å². The maximum absolute atomic E-state index is 11.7. The highest BCUT2D eigenvalue weighted by Crippen LogP contribution is 2.29. The minimum atomic E-state index is 0.142. The summed E-state index contributed by atoms with van der Waals surface area (Å²) in [5, 5.41) is 0. The number of Topliss-reactive ketones (excluding diaryl/α,β-unsaturated/α-hetero) is 1. The number of aryl methyl sites for hydroxylation is 1. The summed E-state index contributed by atoms with van der Waals surface area (Å²) in [4.78, 5) is 16.1. The van der Waals surface area contributed by atoms with Crippen molar-refractivity contribution in [2.75, 3.05) is 0 Å². The number of carbonyl (C=O) groups excluding carboxylic acids is 1. The second kappa shape index (κ2) is 7.26. The molecule has 0 saturated heterocycles. The predicted molar refractivity (Wildman–Crippen MR) is 96.0 cm³/mol. The number of nitrogens with zero attached hydrogens (tertiary/aromatic N) is 1. The third-order valence-corrected chi connectivity index (χ3v) is 4.08. The van der Waals surface area contributed by atoms with Crippen molar-refractivity contribution in [1.82, 2.24) is 4.98 Å². The van der Waals surface area contributed by atoms with Crippen LogP contribution in [0, 0.1) is 0 Å². The van der Waals surface area contributed by atoms with Crippen LogP contribution in [0.3, 0.4) is 0 Å². The van der Waals surface area contributed by atoms with Crippen molar-refractivity contribution in [2.45, 2.75) is 33.1 Å². The van der Waals surface area contributed by atoms with E-state index in [0.29, 0.717) is 12.3 Å². The lowest BCUT2D eigenvalue weighted by Crippen LogP contribution is -1.95. The molecule has 0 N–H and O–H groups in total. The van der Waals surface area contributed by atoms with Crippen LogP contribution in [0.1, 0.15) is 42.6 Å². The highest BCUT2D eigenvalue weighted by molar-refractivity contribution is 5.96. The Morgan fingerprint density at radius 1 is 1.04 bits per heavy atom. The smallest absolute Gasteiger partial charge is 0.226 e. The zero-order chi connectivity index (χ0) is 16.9. The molecule has 1 heterocycles. The quantitative estimate of drug-likeness (QED) is 0.559. The van der Waals surface area contributed by atoms with Gasteiger partial charge in [0.1, 0.15) is 0 Å². The van der Waals surface area contributed by atoms with Gasteiger partial charge in [0, 0.05) is 23.1 Å². The van der Waals surface area contributed by atoms with Crippen LogP contribution >= 0.6 is 0 Å². The van der Waals surface area contributed by atoms with Gasteiger partial charge in [-0.1, -0.05) is 56.7 Å². The van der Waals surface area contributed by atoms with Gasteiger partial charge >= 0.3 is 0 Å². The van der Waals surface area contributed by atoms with Crippen LogP contribution in [0.25, 0.3) is 22.8 Å². The van der Waals surface area contributed by atoms with E-state index in [-0.39, 0.29) is 5.78 Å². The van der Waals surface area contributed by atoms with E-state index in [1.54, 1.807) is 6.20 Å². The van der Waals surface area contributed by atoms with E-state index in [4.69, 9.17) is 4.42 Å². The average Bonchev–Trinajstić information content (AvgIpc) is 3.12. The van der Waals surface area contributed by atoms with Gasteiger partial charge in [-0.15, -0.1) is 0 Å². The molecule has 0 unspecified atom stereocenters. The van der Waals surface area contributed by atoms with Crippen LogP contribution < -0.4 is 0 Å². The minimum absolute atomic E-state index is 0.142. The molecule has 24 heavy (non-hydrogen) atoms. The fraction of sp³-hybridized carbons (Fsp3) is 0.238. The molecule has 0 aliphatic carbocycles. The van der Waals surface area contributed by atoms with E-state index < -0.39 is 0 Å². The van der Waals surface area contributed by atoms with Gasteiger partial charge in [-0.25, -0.2) is 4.98 Å². The van der Waals surface area contributed by atoms with E-state index in [0.717, 1.165) is 35.3 Å². The second-order valence-corrected chi connectivity index (χ2v) is 5.79. The van der Waals surface area contributed by atoms with Crippen LogP contribution in [0.15, 0.2) is 59.1 Å². The van der Waals surface area contributed by atoms with Crippen molar-refractivity contribution in [3.63, 3.8) is 0 Å². The molecule has 0 spiro atoms. The van der Waals surface area contributed by atoms with Crippen molar-refractivity contribution < 1.29 is 9.21 Å². The van der Waals surface area contributed by atoms with Crippen LogP contribution in [-0.2, 0) is 6.42 Å². The van der Waals surface area contributed by atoms with Gasteiger partial charge < -0.3 is 4.42 Å². The highest BCUT2D eigenvalue weighted by atomic mass is 16.4. The molecule has 3 rings (SSSR count). The van der Waals surface area contributed by atoms with E-state index >= 15 is 0 Å². The first-order chi connectivity index (χ1) is 11.7. The molecular formula is C21H21NO2. The lowest BCUT2D eigenvalue weighted by atomic mass is 10.0. The monoisotopic (exact) mass is 319 g/mol. The number of ketones is 1. The van der Waals surface area contributed by atoms with Gasteiger partial charge in [-0.05, 0) is 24.1 Å². The molecule has 3 aromatic rings. The molecular weight excluding hydrogens is 298 g/mol. The molecule has 0 fully saturated rings. The molecule has 0 bridgehead atoms. The Bertz CT molecular complexity index is 831. The number of rotatable bonds is 6. The van der Waals surface area contributed by atoms with Crippen LogP contribution in [0.5, 0.6) is 0 Å². The Kier molecular flexibility index (Phi) is 4.90. The summed E-state index contributed by atoms with van der Waals surface area (Å²) >= 11 is 0. The summed E-state index contributed by atoms with van der Waals surface area (Å²) in [6, 6.07) is 15.7. The Labute approximate surface area is 142 Å². The zero-order valence-corrected chi connectivity index (χ0v) is 14.1. The summed E-state index contributed by atoms with van der Waals surface area (Å²) in [5.41, 5.74) is 3.96. The first-order valence-electron chi connectivity index (χ1n) is 8.40. The largest absolute Gasteiger partial charge is 0.436 e. The van der Waals surface area contributed by atoms with Crippen molar-refractivity contribution >= 4 is 5.78 Å². The van der Waals surface area contributed by atoms with Crippen LogP contribution in [0.4, 0.5) is 0 Å². The third kappa shape index (κ3) is 3.30. The van der Waals surface area contributed by atoms with E-state index in [2.05, 4.69) is 30.1 Å². The standard InChI is InChI=1S/C21H21NO2/c1-3-7-15-8-5-6-9-18(15)20-14-22-21(24-20)17-12-10-16(11-13-17)19(23)4-2/h5-6,8-14H,3-4,7H2,1-2H3. The SMILES string of the molecule is CCCc1ccccc1-c1cnc(-c2ccc(C(=O)CC)cc2)o1. The number of hydrogen-bond donors (Lipinski definition) is 0. The fourth-order valence-electron chi connectivity index (χ4n) is 2.78. The molecule has 3 heteroatoms. The summed E-state index contributed by atoms with van der Waals surface area (Å²) in [6.45, 7) is 4.03. The van der Waals surface area contributed by atoms with Gasteiger partial charge in [-0.3, -0.25) is 4.79 Å². The third-order valence-electron chi connectivity index (χ3n) is 4.08. The number of carbonyl (C=O) groups is 1. The highest BCUT2D eigenvalue weighted by Gasteiger charge is 2.12. The van der Waals surface area contributed by atoms with E-state index in [1.807, 2.05) is 37.3 Å². The first kappa shape index (κ1) is 16.2. The fourth-order valence-corrected chi connectivity index (χ4v) is 2.78. The lowest BCUT2D eigenvalue weighted by molar-refractivity contribution is 0.0988. The van der Waals surface area contributed by atoms with Crippen molar-refractivity contribution in [1.29, 1.82) is 0 Å². The summed E-state index contributed by atoms with van der Waals surface area (Å²) in [6.07, 6.45) is 4.39. The second-order valence-electron chi connectivity index (χ2n) is 5.79. The topological polar surface area (TPSA) is 43.1 Å². The Balaban J connectivity index is 1.90. The van der Waals surface area contributed by atoms with E-state index in [1.165, 1.54) is 5.56 Å². The summed E-state index contributed by atoms with van der Waals surface area (Å²) < 4.78 is 5.97. The molecule has 122 valence electrons. The lowest BCUT2D eigenvalue weighted by Gasteiger charge is -2.05. The van der Waals surface area contributed by atoms with Gasteiger partial charge in [0.05, 0.1) is 6.20 Å². The minimum Gasteiger partial charge on any atom is -0.436 e. The Hall–Kier alpha value is -2.68. The van der Waals surface area contributed by atoms with Crippen molar-refractivity contribution in [3.8, 4) is 22.8 Å². The van der Waals surface area contributed by atoms with Gasteiger partial charge in [0.15, 0.2) is 11.5 Å². The average molecular weight is 319 g/mol. The molecule has 2 aromatic carbocycles.